The van der Waals surface area contributed by atoms with E-state index in [0.29, 0.717) is 42.7 Å². The number of hydrogen-bond acceptors (Lipinski definition) is 6. The number of nitrogens with one attached hydrogen (secondary N) is 2. The maximum atomic E-state index is 12.7. The van der Waals surface area contributed by atoms with Crippen LogP contribution in [0.4, 0.5) is 0 Å². The molecule has 0 atom stereocenters. The first-order valence-electron chi connectivity index (χ1n) is 9.83. The molecule has 0 spiro atoms. The van der Waals surface area contributed by atoms with E-state index in [1.807, 2.05) is 32.9 Å². The number of benzene rings is 2. The van der Waals surface area contributed by atoms with Crippen LogP contribution in [0.15, 0.2) is 45.3 Å². The minimum absolute atomic E-state index is 0.0742. The van der Waals surface area contributed by atoms with E-state index in [1.54, 1.807) is 12.1 Å². The van der Waals surface area contributed by atoms with Crippen LogP contribution in [-0.4, -0.2) is 31.6 Å². The molecule has 0 radical (unpaired) electrons. The fourth-order valence-electron chi connectivity index (χ4n) is 2.89. The second kappa shape index (κ2) is 10.2. The van der Waals surface area contributed by atoms with Crippen molar-refractivity contribution in [2.24, 2.45) is 0 Å². The van der Waals surface area contributed by atoms with Gasteiger partial charge >= 0.3 is 5.91 Å². The molecule has 0 aliphatic heterocycles. The van der Waals surface area contributed by atoms with Gasteiger partial charge in [0, 0.05) is 15.4 Å². The summed E-state index contributed by atoms with van der Waals surface area (Å²) in [6.45, 7) is 6.68. The summed E-state index contributed by atoms with van der Waals surface area (Å²) in [5.74, 6) is 0.147. The first kappa shape index (κ1) is 22.5. The largest absolute Gasteiger partial charge is 0.490 e. The van der Waals surface area contributed by atoms with Gasteiger partial charge in [-0.05, 0) is 57.2 Å². The Kier molecular flexibility index (Phi) is 7.41. The summed E-state index contributed by atoms with van der Waals surface area (Å²) in [6, 6.07) is 10.1. The maximum absolute atomic E-state index is 12.7. The third-order valence-corrected chi connectivity index (χ3v) is 4.66. The summed E-state index contributed by atoms with van der Waals surface area (Å²) in [5, 5.41) is 0.764. The SMILES string of the molecule is CCOc1cc(C(=O)NNC(=O)c2cc3cc(Br)ccc3o2)cc(OCC)c1OCC. The van der Waals surface area contributed by atoms with E-state index in [9.17, 15) is 9.59 Å². The van der Waals surface area contributed by atoms with Crippen LogP contribution in [0.1, 0.15) is 41.7 Å². The van der Waals surface area contributed by atoms with Gasteiger partial charge in [-0.1, -0.05) is 15.9 Å². The van der Waals surface area contributed by atoms with E-state index < -0.39 is 11.8 Å². The second-order valence-electron chi connectivity index (χ2n) is 6.30. The molecule has 0 saturated carbocycles. The lowest BCUT2D eigenvalue weighted by Gasteiger charge is -2.17. The molecule has 0 saturated heterocycles. The molecule has 0 unspecified atom stereocenters. The molecule has 0 bridgehead atoms. The predicted molar refractivity (Wildman–Crippen MR) is 119 cm³/mol. The number of amides is 2. The Hall–Kier alpha value is -3.20. The first-order valence-corrected chi connectivity index (χ1v) is 10.6. The number of carbonyl (C=O) groups is 2. The number of furan rings is 1. The fraction of sp³-hybridized carbons (Fsp3) is 0.273. The molecule has 0 aliphatic rings. The van der Waals surface area contributed by atoms with Gasteiger partial charge < -0.3 is 18.6 Å². The summed E-state index contributed by atoms with van der Waals surface area (Å²) in [5.41, 5.74) is 5.55. The second-order valence-corrected chi connectivity index (χ2v) is 7.22. The number of fused-ring (bicyclic) bond motifs is 1. The van der Waals surface area contributed by atoms with Crippen LogP contribution in [0.3, 0.4) is 0 Å². The molecule has 8 nitrogen and oxygen atoms in total. The molecule has 1 aromatic heterocycles. The van der Waals surface area contributed by atoms with Gasteiger partial charge in [0.25, 0.3) is 5.91 Å². The Bertz CT molecular complexity index is 1070. The number of rotatable bonds is 8. The average Bonchev–Trinajstić information content (AvgIpc) is 3.17. The molecular formula is C22H23BrN2O6. The molecule has 1 heterocycles. The van der Waals surface area contributed by atoms with Gasteiger partial charge in [0.2, 0.25) is 5.75 Å². The minimum atomic E-state index is -0.582. The molecule has 2 aromatic carbocycles. The van der Waals surface area contributed by atoms with Crippen molar-refractivity contribution in [3.63, 3.8) is 0 Å². The Labute approximate surface area is 187 Å². The quantitative estimate of drug-likeness (QED) is 0.452. The minimum Gasteiger partial charge on any atom is -0.490 e. The summed E-state index contributed by atoms with van der Waals surface area (Å²) >= 11 is 3.37. The Morgan fingerprint density at radius 1 is 0.871 bits per heavy atom. The van der Waals surface area contributed by atoms with E-state index in [0.717, 1.165) is 9.86 Å². The molecule has 9 heteroatoms. The molecule has 3 aromatic rings. The van der Waals surface area contributed by atoms with Gasteiger partial charge in [0.05, 0.1) is 19.8 Å². The topological polar surface area (TPSA) is 99.0 Å². The van der Waals surface area contributed by atoms with Crippen LogP contribution in [-0.2, 0) is 0 Å². The number of carbonyl (C=O) groups excluding carboxylic acids is 2. The van der Waals surface area contributed by atoms with Crippen LogP contribution in [0.2, 0.25) is 0 Å². The molecule has 2 N–H and O–H groups in total. The lowest BCUT2D eigenvalue weighted by Crippen LogP contribution is -2.41. The van der Waals surface area contributed by atoms with E-state index >= 15 is 0 Å². The van der Waals surface area contributed by atoms with Crippen LogP contribution in [0.25, 0.3) is 11.0 Å². The Balaban J connectivity index is 1.77. The smallest absolute Gasteiger partial charge is 0.305 e. The van der Waals surface area contributed by atoms with Gasteiger partial charge in [-0.2, -0.15) is 0 Å². The van der Waals surface area contributed by atoms with Crippen molar-refractivity contribution in [1.29, 1.82) is 0 Å². The van der Waals surface area contributed by atoms with Crippen molar-refractivity contribution < 1.29 is 28.2 Å². The van der Waals surface area contributed by atoms with E-state index in [4.69, 9.17) is 18.6 Å². The molecule has 0 aliphatic carbocycles. The summed E-state index contributed by atoms with van der Waals surface area (Å²) in [4.78, 5) is 25.1. The number of halogens is 1. The maximum Gasteiger partial charge on any atom is 0.305 e. The van der Waals surface area contributed by atoms with Gasteiger partial charge in [0.1, 0.15) is 5.58 Å². The first-order chi connectivity index (χ1) is 15.0. The summed E-state index contributed by atoms with van der Waals surface area (Å²) in [7, 11) is 0. The van der Waals surface area contributed by atoms with Gasteiger partial charge in [-0.3, -0.25) is 20.4 Å². The van der Waals surface area contributed by atoms with Crippen molar-refractivity contribution in [2.75, 3.05) is 19.8 Å². The lowest BCUT2D eigenvalue weighted by molar-refractivity contribution is 0.0832. The zero-order valence-electron chi connectivity index (χ0n) is 17.4. The zero-order chi connectivity index (χ0) is 22.4. The third kappa shape index (κ3) is 5.29. The predicted octanol–water partition coefficient (Wildman–Crippen LogP) is 4.47. The molecule has 0 fully saturated rings. The van der Waals surface area contributed by atoms with Crippen molar-refractivity contribution in [1.82, 2.24) is 10.9 Å². The highest BCUT2D eigenvalue weighted by molar-refractivity contribution is 9.10. The average molecular weight is 491 g/mol. The van der Waals surface area contributed by atoms with Crippen molar-refractivity contribution in [2.45, 2.75) is 20.8 Å². The highest BCUT2D eigenvalue weighted by atomic mass is 79.9. The molecule has 3 rings (SSSR count). The third-order valence-electron chi connectivity index (χ3n) is 4.16. The number of ether oxygens (including phenoxy) is 3. The standard InChI is InChI=1S/C22H23BrN2O6/c1-4-28-17-11-14(12-18(29-5-2)20(17)30-6-3)21(26)24-25-22(27)19-10-13-9-15(23)7-8-16(13)31-19/h7-12H,4-6H2,1-3H3,(H,24,26)(H,25,27). The van der Waals surface area contributed by atoms with Gasteiger partial charge in [-0.25, -0.2) is 0 Å². The monoisotopic (exact) mass is 490 g/mol. The normalized spacial score (nSPS) is 10.6. The molecule has 164 valence electrons. The highest BCUT2D eigenvalue weighted by Crippen LogP contribution is 2.39. The number of hydrogen-bond donors (Lipinski definition) is 2. The van der Waals surface area contributed by atoms with Crippen LogP contribution < -0.4 is 25.1 Å². The van der Waals surface area contributed by atoms with E-state index in [-0.39, 0.29) is 11.3 Å². The van der Waals surface area contributed by atoms with Crippen molar-refractivity contribution >= 4 is 38.7 Å². The molecular weight excluding hydrogens is 468 g/mol. The summed E-state index contributed by atoms with van der Waals surface area (Å²) < 4.78 is 23.3. The zero-order valence-corrected chi connectivity index (χ0v) is 19.0. The Morgan fingerprint density at radius 2 is 1.48 bits per heavy atom. The van der Waals surface area contributed by atoms with Gasteiger partial charge in [-0.15, -0.1) is 0 Å². The summed E-state index contributed by atoms with van der Waals surface area (Å²) in [6.07, 6.45) is 0. The van der Waals surface area contributed by atoms with E-state index in [1.165, 1.54) is 12.1 Å². The fourth-order valence-corrected chi connectivity index (χ4v) is 3.27. The van der Waals surface area contributed by atoms with Crippen LogP contribution in [0.5, 0.6) is 17.2 Å². The van der Waals surface area contributed by atoms with E-state index in [2.05, 4.69) is 26.8 Å². The lowest BCUT2D eigenvalue weighted by atomic mass is 10.1. The Morgan fingerprint density at radius 3 is 2.10 bits per heavy atom. The van der Waals surface area contributed by atoms with Crippen molar-refractivity contribution in [3.05, 3.63) is 52.2 Å². The molecule has 31 heavy (non-hydrogen) atoms. The highest BCUT2D eigenvalue weighted by Gasteiger charge is 2.19. The number of hydrazine groups is 1. The van der Waals surface area contributed by atoms with Crippen molar-refractivity contribution in [3.8, 4) is 17.2 Å². The van der Waals surface area contributed by atoms with Gasteiger partial charge in [0.15, 0.2) is 17.3 Å². The van der Waals surface area contributed by atoms with Crippen LogP contribution >= 0.6 is 15.9 Å². The molecule has 2 amide bonds. The van der Waals surface area contributed by atoms with Crippen LogP contribution in [0, 0.1) is 0 Å².